The molecule has 0 radical (unpaired) electrons. The molecule has 2 N–H and O–H groups in total. The van der Waals surface area contributed by atoms with E-state index in [0.717, 1.165) is 34.2 Å². The van der Waals surface area contributed by atoms with Crippen LogP contribution in [-0.2, 0) is 6.42 Å². The number of benzene rings is 2. The van der Waals surface area contributed by atoms with E-state index in [1.807, 2.05) is 24.4 Å². The summed E-state index contributed by atoms with van der Waals surface area (Å²) in [4.78, 5) is 4.43. The van der Waals surface area contributed by atoms with E-state index in [4.69, 9.17) is 10.5 Å². The number of hydrogen-bond donors (Lipinski definition) is 1. The Kier molecular flexibility index (Phi) is 2.86. The molecule has 21 heavy (non-hydrogen) atoms. The molecule has 3 nitrogen and oxygen atoms in total. The van der Waals surface area contributed by atoms with E-state index in [1.54, 1.807) is 0 Å². The number of nitrogens with zero attached hydrogens (tertiary/aromatic N) is 1. The van der Waals surface area contributed by atoms with E-state index in [1.165, 1.54) is 5.56 Å². The summed E-state index contributed by atoms with van der Waals surface area (Å²) < 4.78 is 6.05. The number of hydrogen-bond acceptors (Lipinski definition) is 3. The summed E-state index contributed by atoms with van der Waals surface area (Å²) in [5, 5.41) is 1.15. The van der Waals surface area contributed by atoms with Crippen molar-refractivity contribution in [3.63, 3.8) is 0 Å². The summed E-state index contributed by atoms with van der Waals surface area (Å²) in [7, 11) is 0. The van der Waals surface area contributed by atoms with Gasteiger partial charge in [0, 0.05) is 30.1 Å². The maximum atomic E-state index is 6.05. The maximum Gasteiger partial charge on any atom is 0.130 e. The van der Waals surface area contributed by atoms with Gasteiger partial charge in [-0.15, -0.1) is 0 Å². The monoisotopic (exact) mass is 276 g/mol. The Bertz CT molecular complexity index is 808. The number of fused-ring (bicyclic) bond motifs is 2. The van der Waals surface area contributed by atoms with Crippen LogP contribution in [0.3, 0.4) is 0 Å². The van der Waals surface area contributed by atoms with Gasteiger partial charge < -0.3 is 10.5 Å². The molecule has 104 valence electrons. The first-order valence-corrected chi connectivity index (χ1v) is 7.19. The van der Waals surface area contributed by atoms with Crippen LogP contribution < -0.4 is 10.5 Å². The first-order valence-electron chi connectivity index (χ1n) is 7.19. The summed E-state index contributed by atoms with van der Waals surface area (Å²) in [6, 6.07) is 16.6. The topological polar surface area (TPSA) is 48.1 Å². The highest BCUT2D eigenvalue weighted by atomic mass is 16.5. The smallest absolute Gasteiger partial charge is 0.130 e. The summed E-state index contributed by atoms with van der Waals surface area (Å²) in [6.07, 6.45) is 2.84. The SMILES string of the molecule is NC[C@H]1Cc2cccc(-c3ccnc4ccccc34)c2O1. The molecule has 1 aliphatic heterocycles. The van der Waals surface area contributed by atoms with Crippen molar-refractivity contribution in [2.45, 2.75) is 12.5 Å². The molecular formula is C18H16N2O. The summed E-state index contributed by atoms with van der Waals surface area (Å²) in [6.45, 7) is 0.547. The fourth-order valence-electron chi connectivity index (χ4n) is 3.01. The van der Waals surface area contributed by atoms with Gasteiger partial charge in [0.25, 0.3) is 0 Å². The molecule has 0 saturated heterocycles. The van der Waals surface area contributed by atoms with Crippen LogP contribution in [-0.4, -0.2) is 17.6 Å². The Morgan fingerprint density at radius 1 is 1.05 bits per heavy atom. The molecule has 0 amide bonds. The molecule has 1 aliphatic rings. The molecule has 1 aromatic heterocycles. The van der Waals surface area contributed by atoms with Crippen LogP contribution in [0.5, 0.6) is 5.75 Å². The zero-order valence-corrected chi connectivity index (χ0v) is 11.6. The number of aromatic nitrogens is 1. The molecule has 3 aromatic rings. The second kappa shape index (κ2) is 4.86. The predicted molar refractivity (Wildman–Crippen MR) is 84.4 cm³/mol. The molecule has 2 aromatic carbocycles. The van der Waals surface area contributed by atoms with Crippen LogP contribution in [0.2, 0.25) is 0 Å². The molecule has 3 heteroatoms. The Labute approximate surface area is 123 Å². The van der Waals surface area contributed by atoms with Gasteiger partial charge in [-0.05, 0) is 23.3 Å². The fourth-order valence-corrected chi connectivity index (χ4v) is 3.01. The van der Waals surface area contributed by atoms with Crippen molar-refractivity contribution in [2.24, 2.45) is 5.73 Å². The Morgan fingerprint density at radius 3 is 2.86 bits per heavy atom. The van der Waals surface area contributed by atoms with Crippen molar-refractivity contribution < 1.29 is 4.74 Å². The highest BCUT2D eigenvalue weighted by molar-refractivity contribution is 5.96. The number of ether oxygens (including phenoxy) is 1. The summed E-state index contributed by atoms with van der Waals surface area (Å²) in [5.74, 6) is 0.976. The second-order valence-electron chi connectivity index (χ2n) is 5.35. The van der Waals surface area contributed by atoms with E-state index in [-0.39, 0.29) is 6.10 Å². The number of nitrogens with two attached hydrogens (primary N) is 1. The number of pyridine rings is 1. The van der Waals surface area contributed by atoms with Crippen LogP contribution in [0.4, 0.5) is 0 Å². The minimum Gasteiger partial charge on any atom is -0.488 e. The van der Waals surface area contributed by atoms with Gasteiger partial charge in [-0.2, -0.15) is 0 Å². The van der Waals surface area contributed by atoms with Crippen LogP contribution >= 0.6 is 0 Å². The highest BCUT2D eigenvalue weighted by Crippen LogP contribution is 2.40. The third-order valence-corrected chi connectivity index (χ3v) is 4.03. The number of rotatable bonds is 2. The van der Waals surface area contributed by atoms with Crippen molar-refractivity contribution in [1.29, 1.82) is 0 Å². The third-order valence-electron chi connectivity index (χ3n) is 4.03. The van der Waals surface area contributed by atoms with Crippen LogP contribution in [0.1, 0.15) is 5.56 Å². The van der Waals surface area contributed by atoms with Crippen molar-refractivity contribution in [2.75, 3.05) is 6.54 Å². The largest absolute Gasteiger partial charge is 0.488 e. The molecule has 0 fully saturated rings. The number of para-hydroxylation sites is 2. The van der Waals surface area contributed by atoms with Gasteiger partial charge in [-0.1, -0.05) is 36.4 Å². The first-order chi connectivity index (χ1) is 10.4. The third kappa shape index (κ3) is 1.98. The molecule has 0 saturated carbocycles. The fraction of sp³-hybridized carbons (Fsp3) is 0.167. The Hall–Kier alpha value is -2.39. The standard InChI is InChI=1S/C18H16N2O/c19-11-13-10-12-4-3-6-16(18(12)21-13)14-8-9-20-17-7-2-1-5-15(14)17/h1-9,13H,10-11,19H2/t13-/m1/s1. The molecule has 4 rings (SSSR count). The van der Waals surface area contributed by atoms with Crippen molar-refractivity contribution in [1.82, 2.24) is 4.98 Å². The van der Waals surface area contributed by atoms with Crippen molar-refractivity contribution in [3.8, 4) is 16.9 Å². The molecule has 0 bridgehead atoms. The van der Waals surface area contributed by atoms with E-state index in [0.29, 0.717) is 6.54 Å². The molecule has 0 aliphatic carbocycles. The van der Waals surface area contributed by atoms with Crippen LogP contribution in [0.25, 0.3) is 22.0 Å². The lowest BCUT2D eigenvalue weighted by molar-refractivity contribution is 0.242. The van der Waals surface area contributed by atoms with E-state index in [2.05, 4.69) is 35.3 Å². The Balaban J connectivity index is 1.93. The predicted octanol–water partition coefficient (Wildman–Crippen LogP) is 3.16. The summed E-state index contributed by atoms with van der Waals surface area (Å²) >= 11 is 0. The average molecular weight is 276 g/mol. The van der Waals surface area contributed by atoms with E-state index >= 15 is 0 Å². The minimum atomic E-state index is 0.0919. The maximum absolute atomic E-state index is 6.05. The summed E-state index contributed by atoms with van der Waals surface area (Å²) in [5.41, 5.74) is 10.3. The normalized spacial score (nSPS) is 16.7. The van der Waals surface area contributed by atoms with Crippen molar-refractivity contribution >= 4 is 10.9 Å². The first kappa shape index (κ1) is 12.4. The van der Waals surface area contributed by atoms with Crippen LogP contribution in [0, 0.1) is 0 Å². The van der Waals surface area contributed by atoms with Crippen LogP contribution in [0.15, 0.2) is 54.7 Å². The second-order valence-corrected chi connectivity index (χ2v) is 5.35. The van der Waals surface area contributed by atoms with Crippen molar-refractivity contribution in [3.05, 3.63) is 60.3 Å². The lowest BCUT2D eigenvalue weighted by Crippen LogP contribution is -2.24. The lowest BCUT2D eigenvalue weighted by atomic mass is 9.98. The van der Waals surface area contributed by atoms with Gasteiger partial charge >= 0.3 is 0 Å². The van der Waals surface area contributed by atoms with Gasteiger partial charge in [-0.3, -0.25) is 4.98 Å². The van der Waals surface area contributed by atoms with E-state index in [9.17, 15) is 0 Å². The van der Waals surface area contributed by atoms with Gasteiger partial charge in [0.2, 0.25) is 0 Å². The molecule has 0 spiro atoms. The zero-order valence-electron chi connectivity index (χ0n) is 11.6. The van der Waals surface area contributed by atoms with E-state index < -0.39 is 0 Å². The van der Waals surface area contributed by atoms with Gasteiger partial charge in [0.1, 0.15) is 11.9 Å². The highest BCUT2D eigenvalue weighted by Gasteiger charge is 2.25. The zero-order chi connectivity index (χ0) is 14.2. The molecule has 1 atom stereocenters. The Morgan fingerprint density at radius 2 is 1.95 bits per heavy atom. The van der Waals surface area contributed by atoms with Gasteiger partial charge in [-0.25, -0.2) is 0 Å². The molecular weight excluding hydrogens is 260 g/mol. The lowest BCUT2D eigenvalue weighted by Gasteiger charge is -2.12. The van der Waals surface area contributed by atoms with Gasteiger partial charge in [0.05, 0.1) is 5.52 Å². The quantitative estimate of drug-likeness (QED) is 0.782. The average Bonchev–Trinajstić information content (AvgIpc) is 2.97. The molecule has 0 unspecified atom stereocenters. The minimum absolute atomic E-state index is 0.0919. The molecule has 2 heterocycles. The van der Waals surface area contributed by atoms with Gasteiger partial charge in [0.15, 0.2) is 0 Å².